The summed E-state index contributed by atoms with van der Waals surface area (Å²) < 4.78 is 26.5. The van der Waals surface area contributed by atoms with Crippen molar-refractivity contribution < 1.29 is 8.42 Å². The van der Waals surface area contributed by atoms with Crippen LogP contribution in [0, 0.1) is 5.92 Å². The van der Waals surface area contributed by atoms with Gasteiger partial charge < -0.3 is 10.6 Å². The highest BCUT2D eigenvalue weighted by Gasteiger charge is 2.17. The summed E-state index contributed by atoms with van der Waals surface area (Å²) in [5, 5.41) is 0. The van der Waals surface area contributed by atoms with E-state index >= 15 is 0 Å². The van der Waals surface area contributed by atoms with E-state index in [-0.39, 0.29) is 35.8 Å². The fourth-order valence-electron chi connectivity index (χ4n) is 3.03. The molecule has 1 unspecified atom stereocenters. The maximum Gasteiger partial charge on any atom is 0.216 e. The van der Waals surface area contributed by atoms with Crippen LogP contribution in [0.3, 0.4) is 0 Å². The van der Waals surface area contributed by atoms with Crippen LogP contribution in [0.5, 0.6) is 0 Å². The number of piperidine rings is 1. The van der Waals surface area contributed by atoms with Crippen LogP contribution < -0.4 is 10.5 Å². The van der Waals surface area contributed by atoms with Gasteiger partial charge in [-0.05, 0) is 43.7 Å². The predicted octanol–water partition coefficient (Wildman–Crippen LogP) is 2.68. The topological polar surface area (TPSA) is 87.8 Å². The molecule has 26 heavy (non-hydrogen) atoms. The van der Waals surface area contributed by atoms with E-state index in [4.69, 9.17) is 5.73 Å². The molecule has 0 spiro atoms. The number of nitrogens with one attached hydrogen (secondary N) is 1. The quantitative estimate of drug-likeness (QED) is 0.362. The summed E-state index contributed by atoms with van der Waals surface area (Å²) in [6, 6.07) is 7.40. The molecule has 1 aliphatic heterocycles. The molecule has 0 aliphatic carbocycles. The first-order valence-electron chi connectivity index (χ1n) is 8.88. The molecule has 1 saturated heterocycles. The third-order valence-electron chi connectivity index (χ3n) is 4.20. The van der Waals surface area contributed by atoms with Crippen LogP contribution >= 0.6 is 24.0 Å². The molecular formula is C18H31IN4O2S. The molecule has 0 amide bonds. The van der Waals surface area contributed by atoms with Crippen LogP contribution in [0.2, 0.25) is 0 Å². The Labute approximate surface area is 174 Å². The molecule has 3 N–H and O–H groups in total. The summed E-state index contributed by atoms with van der Waals surface area (Å²) in [6.45, 7) is 8.31. The second-order valence-electron chi connectivity index (χ2n) is 7.22. The lowest BCUT2D eigenvalue weighted by molar-refractivity contribution is 0.270. The monoisotopic (exact) mass is 494 g/mol. The van der Waals surface area contributed by atoms with Crippen molar-refractivity contribution in [1.29, 1.82) is 0 Å². The smallest absolute Gasteiger partial charge is 0.216 e. The van der Waals surface area contributed by atoms with Crippen LogP contribution in [0.25, 0.3) is 0 Å². The summed E-state index contributed by atoms with van der Waals surface area (Å²) in [5.41, 5.74) is 7.89. The standard InChI is InChI=1S/C18H30N4O2S.HI/c1-14(2)21-25(23,24)13-17-8-6-16(7-9-17)11-20-18(19)22-10-4-5-15(3)12-22;/h6-9,14-15,21H,4-5,10-13H2,1-3H3,(H2,19,20);1H. The number of hydrogen-bond acceptors (Lipinski definition) is 3. The van der Waals surface area contributed by atoms with Crippen LogP contribution in [0.1, 0.15) is 44.7 Å². The Kier molecular flexibility index (Phi) is 9.32. The van der Waals surface area contributed by atoms with Crippen LogP contribution in [-0.2, 0) is 22.3 Å². The normalized spacial score (nSPS) is 18.7. The minimum Gasteiger partial charge on any atom is -0.370 e. The first kappa shape index (κ1) is 23.2. The van der Waals surface area contributed by atoms with E-state index in [0.29, 0.717) is 18.4 Å². The molecule has 0 bridgehead atoms. The molecule has 148 valence electrons. The van der Waals surface area contributed by atoms with E-state index in [1.54, 1.807) is 0 Å². The van der Waals surface area contributed by atoms with Gasteiger partial charge in [-0.3, -0.25) is 0 Å². The third-order valence-corrected chi connectivity index (χ3v) is 5.74. The van der Waals surface area contributed by atoms with Gasteiger partial charge in [-0.1, -0.05) is 31.2 Å². The average molecular weight is 494 g/mol. The highest BCUT2D eigenvalue weighted by atomic mass is 127. The zero-order valence-corrected chi connectivity index (χ0v) is 19.0. The molecule has 1 atom stereocenters. The van der Waals surface area contributed by atoms with Crippen molar-refractivity contribution in [2.75, 3.05) is 13.1 Å². The van der Waals surface area contributed by atoms with Gasteiger partial charge >= 0.3 is 0 Å². The number of benzene rings is 1. The van der Waals surface area contributed by atoms with Crippen LogP contribution in [0.4, 0.5) is 0 Å². The maximum atomic E-state index is 12.0. The fourth-order valence-corrected chi connectivity index (χ4v) is 4.46. The van der Waals surface area contributed by atoms with Gasteiger partial charge in [-0.15, -0.1) is 24.0 Å². The molecule has 2 rings (SSSR count). The van der Waals surface area contributed by atoms with Crippen molar-refractivity contribution >= 4 is 40.0 Å². The van der Waals surface area contributed by atoms with E-state index in [1.165, 1.54) is 6.42 Å². The summed E-state index contributed by atoms with van der Waals surface area (Å²) in [4.78, 5) is 6.63. The minimum absolute atomic E-state index is 0. The predicted molar refractivity (Wildman–Crippen MR) is 118 cm³/mol. The number of sulfonamides is 1. The Morgan fingerprint density at radius 3 is 2.50 bits per heavy atom. The van der Waals surface area contributed by atoms with Gasteiger partial charge in [0, 0.05) is 19.1 Å². The van der Waals surface area contributed by atoms with Crippen molar-refractivity contribution in [3.05, 3.63) is 35.4 Å². The van der Waals surface area contributed by atoms with Gasteiger partial charge in [-0.2, -0.15) is 0 Å². The minimum atomic E-state index is -3.30. The number of hydrogen-bond donors (Lipinski definition) is 2. The number of rotatable bonds is 6. The summed E-state index contributed by atoms with van der Waals surface area (Å²) in [6.07, 6.45) is 2.41. The SMILES string of the molecule is CC1CCCN(C(N)=NCc2ccc(CS(=O)(=O)NC(C)C)cc2)C1.I. The van der Waals surface area contributed by atoms with E-state index in [9.17, 15) is 8.42 Å². The van der Waals surface area contributed by atoms with Crippen molar-refractivity contribution in [1.82, 2.24) is 9.62 Å². The molecule has 0 aromatic heterocycles. The zero-order valence-electron chi connectivity index (χ0n) is 15.8. The highest BCUT2D eigenvalue weighted by molar-refractivity contribution is 14.0. The maximum absolute atomic E-state index is 12.0. The number of nitrogens with two attached hydrogens (primary N) is 1. The number of aliphatic imine (C=N–C) groups is 1. The lowest BCUT2D eigenvalue weighted by Gasteiger charge is -2.31. The summed E-state index contributed by atoms with van der Waals surface area (Å²) >= 11 is 0. The average Bonchev–Trinajstić information content (AvgIpc) is 2.52. The molecular weight excluding hydrogens is 463 g/mol. The summed E-state index contributed by atoms with van der Waals surface area (Å²) in [7, 11) is -3.30. The van der Waals surface area contributed by atoms with Crippen LogP contribution in [-0.4, -0.2) is 38.4 Å². The van der Waals surface area contributed by atoms with E-state index < -0.39 is 10.0 Å². The molecule has 1 aromatic rings. The second kappa shape index (κ2) is 10.5. The van der Waals surface area contributed by atoms with Crippen molar-refractivity contribution in [3.8, 4) is 0 Å². The molecule has 0 saturated carbocycles. The number of nitrogens with zero attached hydrogens (tertiary/aromatic N) is 2. The van der Waals surface area contributed by atoms with Gasteiger partial charge in [0.1, 0.15) is 0 Å². The zero-order chi connectivity index (χ0) is 18.4. The molecule has 8 heteroatoms. The number of likely N-dealkylation sites (tertiary alicyclic amines) is 1. The second-order valence-corrected chi connectivity index (χ2v) is 8.97. The lowest BCUT2D eigenvalue weighted by atomic mass is 10.0. The Morgan fingerprint density at radius 2 is 1.92 bits per heavy atom. The number of halogens is 1. The molecule has 1 heterocycles. The molecule has 0 radical (unpaired) electrons. The molecule has 6 nitrogen and oxygen atoms in total. The van der Waals surface area contributed by atoms with Gasteiger partial charge in [0.25, 0.3) is 0 Å². The van der Waals surface area contributed by atoms with Gasteiger partial charge in [-0.25, -0.2) is 18.1 Å². The third kappa shape index (κ3) is 7.79. The number of guanidine groups is 1. The Balaban J connectivity index is 0.00000338. The fraction of sp³-hybridized carbons (Fsp3) is 0.611. The van der Waals surface area contributed by atoms with Gasteiger partial charge in [0.15, 0.2) is 5.96 Å². The first-order chi connectivity index (χ1) is 11.7. The highest BCUT2D eigenvalue weighted by Crippen LogP contribution is 2.15. The van der Waals surface area contributed by atoms with Crippen molar-refractivity contribution in [2.24, 2.45) is 16.6 Å². The summed E-state index contributed by atoms with van der Waals surface area (Å²) in [5.74, 6) is 1.24. The van der Waals surface area contributed by atoms with Crippen molar-refractivity contribution in [2.45, 2.75) is 52.0 Å². The molecule has 1 fully saturated rings. The van der Waals surface area contributed by atoms with Gasteiger partial charge in [0.2, 0.25) is 10.0 Å². The Bertz CT molecular complexity index is 690. The molecule has 1 aromatic carbocycles. The Hall–Kier alpha value is -0.870. The first-order valence-corrected chi connectivity index (χ1v) is 10.5. The van der Waals surface area contributed by atoms with E-state index in [1.807, 2.05) is 38.1 Å². The van der Waals surface area contributed by atoms with Crippen LogP contribution in [0.15, 0.2) is 29.3 Å². The lowest BCUT2D eigenvalue weighted by Crippen LogP contribution is -2.43. The Morgan fingerprint density at radius 1 is 1.31 bits per heavy atom. The molecule has 1 aliphatic rings. The van der Waals surface area contributed by atoms with Gasteiger partial charge in [0.05, 0.1) is 12.3 Å². The van der Waals surface area contributed by atoms with E-state index in [0.717, 1.165) is 30.6 Å². The van der Waals surface area contributed by atoms with E-state index in [2.05, 4.69) is 21.5 Å². The largest absolute Gasteiger partial charge is 0.370 e. The van der Waals surface area contributed by atoms with Crippen molar-refractivity contribution in [3.63, 3.8) is 0 Å².